The first kappa shape index (κ1) is 14.1. The average molecular weight is 243 g/mol. The summed E-state index contributed by atoms with van der Waals surface area (Å²) >= 11 is 0. The Hall–Kier alpha value is -1.00. The van der Waals surface area contributed by atoms with Crippen molar-refractivity contribution in [2.24, 2.45) is 11.7 Å². The van der Waals surface area contributed by atoms with E-state index in [2.05, 4.69) is 0 Å². The zero-order valence-electron chi connectivity index (χ0n) is 10.5. The third-order valence-corrected chi connectivity index (χ3v) is 3.04. The van der Waals surface area contributed by atoms with Crippen molar-refractivity contribution in [3.8, 4) is 0 Å². The molecule has 2 nitrogen and oxygen atoms in total. The van der Waals surface area contributed by atoms with Crippen LogP contribution in [0.3, 0.4) is 0 Å². The molecule has 0 aliphatic heterocycles. The summed E-state index contributed by atoms with van der Waals surface area (Å²) in [5, 5.41) is 0. The summed E-state index contributed by atoms with van der Waals surface area (Å²) in [4.78, 5) is 0. The fourth-order valence-electron chi connectivity index (χ4n) is 1.75. The van der Waals surface area contributed by atoms with Crippen LogP contribution in [0.1, 0.15) is 30.5 Å². The van der Waals surface area contributed by atoms with Crippen molar-refractivity contribution in [3.05, 3.63) is 34.9 Å². The van der Waals surface area contributed by atoms with Gasteiger partial charge in [0.2, 0.25) is 0 Å². The molecule has 2 unspecified atom stereocenters. The van der Waals surface area contributed by atoms with Gasteiger partial charge in [0.25, 0.3) is 0 Å². The number of halogens is 2. The first-order valence-corrected chi connectivity index (χ1v) is 5.68. The summed E-state index contributed by atoms with van der Waals surface area (Å²) in [6, 6.07) is 2.03. The summed E-state index contributed by atoms with van der Waals surface area (Å²) in [6.45, 7) is 4.00. The number of nitrogens with two attached hydrogens (primary N) is 1. The van der Waals surface area contributed by atoms with Gasteiger partial charge in [0, 0.05) is 25.3 Å². The lowest BCUT2D eigenvalue weighted by Gasteiger charge is -2.21. The number of aryl methyl sites for hydroxylation is 1. The molecule has 1 rings (SSSR count). The van der Waals surface area contributed by atoms with Crippen LogP contribution in [-0.2, 0) is 4.74 Å². The van der Waals surface area contributed by atoms with Crippen LogP contribution in [-0.4, -0.2) is 13.7 Å². The van der Waals surface area contributed by atoms with Crippen LogP contribution in [0.15, 0.2) is 12.1 Å². The van der Waals surface area contributed by atoms with Gasteiger partial charge in [-0.25, -0.2) is 8.78 Å². The summed E-state index contributed by atoms with van der Waals surface area (Å²) in [5.74, 6) is -1.16. The minimum absolute atomic E-state index is 0.0198. The predicted octanol–water partition coefficient (Wildman–Crippen LogP) is 2.95. The standard InChI is InChI=1S/C13H19F2NO/c1-8-4-5-10(14)11(12(8)15)13(16)9(2)6-7-17-3/h4-5,9,13H,6-7,16H2,1-3H3. The minimum Gasteiger partial charge on any atom is -0.385 e. The van der Waals surface area contributed by atoms with E-state index >= 15 is 0 Å². The second-order valence-electron chi connectivity index (χ2n) is 4.38. The first-order valence-electron chi connectivity index (χ1n) is 5.68. The third-order valence-electron chi connectivity index (χ3n) is 3.04. The Morgan fingerprint density at radius 3 is 2.59 bits per heavy atom. The van der Waals surface area contributed by atoms with Crippen molar-refractivity contribution in [2.75, 3.05) is 13.7 Å². The van der Waals surface area contributed by atoms with E-state index in [1.165, 1.54) is 12.1 Å². The van der Waals surface area contributed by atoms with E-state index in [9.17, 15) is 8.78 Å². The van der Waals surface area contributed by atoms with Gasteiger partial charge in [0.05, 0.1) is 0 Å². The molecular weight excluding hydrogens is 224 g/mol. The molecule has 1 aromatic carbocycles. The lowest BCUT2D eigenvalue weighted by molar-refractivity contribution is 0.174. The smallest absolute Gasteiger partial charge is 0.133 e. The highest BCUT2D eigenvalue weighted by Gasteiger charge is 2.22. The van der Waals surface area contributed by atoms with Gasteiger partial charge in [-0.05, 0) is 30.9 Å². The molecule has 0 aliphatic carbocycles. The number of methoxy groups -OCH3 is 1. The van der Waals surface area contributed by atoms with Crippen molar-refractivity contribution >= 4 is 0 Å². The van der Waals surface area contributed by atoms with E-state index in [0.29, 0.717) is 18.6 Å². The largest absolute Gasteiger partial charge is 0.385 e. The van der Waals surface area contributed by atoms with Crippen molar-refractivity contribution in [1.82, 2.24) is 0 Å². The number of hydrogen-bond donors (Lipinski definition) is 1. The Bertz CT molecular complexity index is 382. The molecular formula is C13H19F2NO. The molecule has 0 spiro atoms. The van der Waals surface area contributed by atoms with Crippen LogP contribution in [0.2, 0.25) is 0 Å². The molecule has 2 atom stereocenters. The fraction of sp³-hybridized carbons (Fsp3) is 0.538. The Morgan fingerprint density at radius 1 is 1.35 bits per heavy atom. The molecule has 2 N–H and O–H groups in total. The molecule has 0 aliphatic rings. The van der Waals surface area contributed by atoms with Crippen LogP contribution in [0.4, 0.5) is 8.78 Å². The Kier molecular flexibility index (Phi) is 5.02. The van der Waals surface area contributed by atoms with E-state index in [0.717, 1.165) is 0 Å². The molecule has 1 aromatic rings. The zero-order valence-corrected chi connectivity index (χ0v) is 10.5. The third kappa shape index (κ3) is 3.23. The minimum atomic E-state index is -0.648. The molecule has 0 radical (unpaired) electrons. The van der Waals surface area contributed by atoms with Crippen LogP contribution in [0, 0.1) is 24.5 Å². The van der Waals surface area contributed by atoms with Gasteiger partial charge in [0.15, 0.2) is 0 Å². The number of rotatable bonds is 5. The monoisotopic (exact) mass is 243 g/mol. The normalized spacial score (nSPS) is 14.7. The fourth-order valence-corrected chi connectivity index (χ4v) is 1.75. The lowest BCUT2D eigenvalue weighted by Crippen LogP contribution is -2.23. The predicted molar refractivity (Wildman–Crippen MR) is 63.7 cm³/mol. The topological polar surface area (TPSA) is 35.2 Å². The summed E-state index contributed by atoms with van der Waals surface area (Å²) in [6.07, 6.45) is 0.671. The highest BCUT2D eigenvalue weighted by Crippen LogP contribution is 2.28. The van der Waals surface area contributed by atoms with Crippen molar-refractivity contribution in [3.63, 3.8) is 0 Å². The summed E-state index contributed by atoms with van der Waals surface area (Å²) in [5.41, 5.74) is 6.31. The second kappa shape index (κ2) is 6.07. The maximum atomic E-state index is 13.8. The Morgan fingerprint density at radius 2 is 2.00 bits per heavy atom. The van der Waals surface area contributed by atoms with Gasteiger partial charge in [0.1, 0.15) is 11.6 Å². The number of benzene rings is 1. The molecule has 0 aromatic heterocycles. The van der Waals surface area contributed by atoms with Crippen molar-refractivity contribution in [1.29, 1.82) is 0 Å². The quantitative estimate of drug-likeness (QED) is 0.863. The molecule has 96 valence electrons. The van der Waals surface area contributed by atoms with Crippen molar-refractivity contribution < 1.29 is 13.5 Å². The molecule has 4 heteroatoms. The summed E-state index contributed by atoms with van der Waals surface area (Å²) in [7, 11) is 1.59. The molecule has 0 amide bonds. The van der Waals surface area contributed by atoms with Gasteiger partial charge in [-0.15, -0.1) is 0 Å². The second-order valence-corrected chi connectivity index (χ2v) is 4.38. The Balaban J connectivity index is 2.95. The molecule has 0 bridgehead atoms. The summed E-state index contributed by atoms with van der Waals surface area (Å²) < 4.78 is 32.4. The van der Waals surface area contributed by atoms with E-state index in [4.69, 9.17) is 10.5 Å². The highest BCUT2D eigenvalue weighted by molar-refractivity contribution is 5.29. The number of hydrogen-bond acceptors (Lipinski definition) is 2. The molecule has 0 fully saturated rings. The Labute approximate surface area is 101 Å². The van der Waals surface area contributed by atoms with E-state index in [-0.39, 0.29) is 11.5 Å². The maximum Gasteiger partial charge on any atom is 0.133 e. The SMILES string of the molecule is COCCC(C)C(N)c1c(F)ccc(C)c1F. The highest BCUT2D eigenvalue weighted by atomic mass is 19.1. The van der Waals surface area contributed by atoms with Crippen LogP contribution < -0.4 is 5.73 Å². The number of ether oxygens (including phenoxy) is 1. The van der Waals surface area contributed by atoms with E-state index in [1.807, 2.05) is 6.92 Å². The molecule has 0 heterocycles. The van der Waals surface area contributed by atoms with Crippen LogP contribution in [0.25, 0.3) is 0 Å². The van der Waals surface area contributed by atoms with E-state index < -0.39 is 17.7 Å². The lowest BCUT2D eigenvalue weighted by atomic mass is 9.91. The van der Waals surface area contributed by atoms with Gasteiger partial charge < -0.3 is 10.5 Å². The average Bonchev–Trinajstić information content (AvgIpc) is 2.31. The van der Waals surface area contributed by atoms with Crippen LogP contribution >= 0.6 is 0 Å². The molecule has 17 heavy (non-hydrogen) atoms. The first-order chi connectivity index (χ1) is 7.99. The van der Waals surface area contributed by atoms with Gasteiger partial charge in [-0.3, -0.25) is 0 Å². The van der Waals surface area contributed by atoms with Gasteiger partial charge in [-0.2, -0.15) is 0 Å². The van der Waals surface area contributed by atoms with Gasteiger partial charge >= 0.3 is 0 Å². The maximum absolute atomic E-state index is 13.8. The van der Waals surface area contributed by atoms with E-state index in [1.54, 1.807) is 14.0 Å². The van der Waals surface area contributed by atoms with Crippen molar-refractivity contribution in [2.45, 2.75) is 26.3 Å². The van der Waals surface area contributed by atoms with Crippen LogP contribution in [0.5, 0.6) is 0 Å². The van der Waals surface area contributed by atoms with Gasteiger partial charge in [-0.1, -0.05) is 13.0 Å². The molecule has 0 saturated carbocycles. The molecule has 0 saturated heterocycles. The zero-order chi connectivity index (χ0) is 13.0.